The second-order valence-electron chi connectivity index (χ2n) is 3.04. The SMILES string of the molecule is Cc1ccccc1[Te]CCCCO. The zero-order chi connectivity index (χ0) is 9.52. The summed E-state index contributed by atoms with van der Waals surface area (Å²) in [6, 6.07) is 8.65. The van der Waals surface area contributed by atoms with E-state index in [1.807, 2.05) is 0 Å². The van der Waals surface area contributed by atoms with E-state index in [1.165, 1.54) is 16.5 Å². The van der Waals surface area contributed by atoms with Gasteiger partial charge >= 0.3 is 90.3 Å². The van der Waals surface area contributed by atoms with Crippen LogP contribution in [0, 0.1) is 6.92 Å². The van der Waals surface area contributed by atoms with Crippen LogP contribution in [-0.4, -0.2) is 32.6 Å². The fraction of sp³-hybridized carbons (Fsp3) is 0.455. The van der Waals surface area contributed by atoms with Gasteiger partial charge in [-0.2, -0.15) is 0 Å². The molecular formula is C11H16OTe. The minimum atomic E-state index is 0.00613. The molecule has 0 aliphatic heterocycles. The molecule has 0 saturated carbocycles. The average molecular weight is 292 g/mol. The van der Waals surface area contributed by atoms with Gasteiger partial charge in [0.25, 0.3) is 0 Å². The topological polar surface area (TPSA) is 20.2 Å². The first kappa shape index (κ1) is 11.0. The van der Waals surface area contributed by atoms with Gasteiger partial charge in [-0.1, -0.05) is 0 Å². The van der Waals surface area contributed by atoms with Gasteiger partial charge in [0.05, 0.1) is 0 Å². The van der Waals surface area contributed by atoms with Crippen LogP contribution in [0.5, 0.6) is 0 Å². The molecule has 0 radical (unpaired) electrons. The summed E-state index contributed by atoms with van der Waals surface area (Å²) in [7, 11) is 0. The first-order valence-electron chi connectivity index (χ1n) is 4.64. The zero-order valence-corrected chi connectivity index (χ0v) is 10.3. The van der Waals surface area contributed by atoms with Crippen LogP contribution in [-0.2, 0) is 0 Å². The van der Waals surface area contributed by atoms with E-state index in [1.54, 1.807) is 3.61 Å². The van der Waals surface area contributed by atoms with Crippen molar-refractivity contribution in [2.45, 2.75) is 24.2 Å². The number of unbranched alkanes of at least 4 members (excludes halogenated alkanes) is 1. The van der Waals surface area contributed by atoms with E-state index in [2.05, 4.69) is 31.2 Å². The maximum atomic E-state index is 8.63. The Balaban J connectivity index is 2.32. The van der Waals surface area contributed by atoms with Crippen LogP contribution in [0.4, 0.5) is 0 Å². The molecule has 0 atom stereocenters. The molecule has 0 unspecified atom stereocenters. The van der Waals surface area contributed by atoms with Gasteiger partial charge in [0, 0.05) is 0 Å². The molecule has 0 saturated heterocycles. The van der Waals surface area contributed by atoms with Gasteiger partial charge in [-0.3, -0.25) is 0 Å². The summed E-state index contributed by atoms with van der Waals surface area (Å²) in [6.07, 6.45) is 2.16. The van der Waals surface area contributed by atoms with Crippen molar-refractivity contribution in [3.05, 3.63) is 29.8 Å². The summed E-state index contributed by atoms with van der Waals surface area (Å²) in [4.78, 5) is 0. The number of rotatable bonds is 5. The zero-order valence-electron chi connectivity index (χ0n) is 7.99. The van der Waals surface area contributed by atoms with Gasteiger partial charge in [0.15, 0.2) is 0 Å². The molecule has 0 amide bonds. The molecule has 0 heterocycles. The monoisotopic (exact) mass is 294 g/mol. The van der Waals surface area contributed by atoms with Gasteiger partial charge in [-0.25, -0.2) is 0 Å². The van der Waals surface area contributed by atoms with E-state index in [0.29, 0.717) is 6.61 Å². The second-order valence-corrected chi connectivity index (χ2v) is 6.29. The van der Waals surface area contributed by atoms with Crippen molar-refractivity contribution in [1.82, 2.24) is 0 Å². The Morgan fingerprint density at radius 3 is 2.69 bits per heavy atom. The van der Waals surface area contributed by atoms with Gasteiger partial charge in [0.1, 0.15) is 0 Å². The predicted molar refractivity (Wildman–Crippen MR) is 57.7 cm³/mol. The van der Waals surface area contributed by atoms with Gasteiger partial charge in [-0.05, 0) is 0 Å². The molecule has 0 aliphatic rings. The molecule has 0 aliphatic carbocycles. The first-order chi connectivity index (χ1) is 6.34. The molecular weight excluding hydrogens is 276 g/mol. The number of benzene rings is 1. The fourth-order valence-corrected chi connectivity index (χ4v) is 4.08. The summed E-state index contributed by atoms with van der Waals surface area (Å²) >= 11 is 0.00613. The molecule has 0 aromatic heterocycles. The molecule has 0 fully saturated rings. The summed E-state index contributed by atoms with van der Waals surface area (Å²) in [5.74, 6) is 0. The van der Waals surface area contributed by atoms with Crippen molar-refractivity contribution >= 4 is 24.5 Å². The Kier molecular flexibility index (Phi) is 5.46. The van der Waals surface area contributed by atoms with Crippen molar-refractivity contribution in [2.24, 2.45) is 0 Å². The van der Waals surface area contributed by atoms with E-state index in [4.69, 9.17) is 5.11 Å². The number of hydrogen-bond acceptors (Lipinski definition) is 1. The Labute approximate surface area is 90.3 Å². The van der Waals surface area contributed by atoms with Crippen LogP contribution in [0.3, 0.4) is 0 Å². The van der Waals surface area contributed by atoms with Crippen molar-refractivity contribution in [3.8, 4) is 0 Å². The molecule has 2 heteroatoms. The van der Waals surface area contributed by atoms with E-state index >= 15 is 0 Å². The van der Waals surface area contributed by atoms with Crippen LogP contribution in [0.25, 0.3) is 0 Å². The minimum absolute atomic E-state index is 0.00613. The Morgan fingerprint density at radius 1 is 1.23 bits per heavy atom. The second kappa shape index (κ2) is 6.43. The summed E-state index contributed by atoms with van der Waals surface area (Å²) < 4.78 is 2.89. The van der Waals surface area contributed by atoms with E-state index in [-0.39, 0.29) is 20.9 Å². The van der Waals surface area contributed by atoms with Crippen molar-refractivity contribution in [2.75, 3.05) is 6.61 Å². The van der Waals surface area contributed by atoms with Gasteiger partial charge in [0.2, 0.25) is 0 Å². The average Bonchev–Trinajstić information content (AvgIpc) is 2.15. The normalized spacial score (nSPS) is 10.3. The molecule has 1 N–H and O–H groups in total. The molecule has 1 nitrogen and oxygen atoms in total. The third-order valence-electron chi connectivity index (χ3n) is 1.90. The fourth-order valence-electron chi connectivity index (χ4n) is 1.11. The van der Waals surface area contributed by atoms with Crippen LogP contribution >= 0.6 is 0 Å². The predicted octanol–water partition coefficient (Wildman–Crippen LogP) is 1.52. The Bertz CT molecular complexity index is 248. The van der Waals surface area contributed by atoms with E-state index in [9.17, 15) is 0 Å². The third kappa shape index (κ3) is 4.13. The number of aliphatic hydroxyl groups excluding tert-OH is 1. The number of aryl methyl sites for hydroxylation is 1. The van der Waals surface area contributed by atoms with Gasteiger partial charge in [-0.15, -0.1) is 0 Å². The van der Waals surface area contributed by atoms with Crippen LogP contribution in [0.15, 0.2) is 24.3 Å². The Morgan fingerprint density at radius 2 is 2.00 bits per heavy atom. The Hall–Kier alpha value is -0.0304. The van der Waals surface area contributed by atoms with Crippen molar-refractivity contribution in [3.63, 3.8) is 0 Å². The van der Waals surface area contributed by atoms with Crippen LogP contribution in [0.1, 0.15) is 18.4 Å². The molecule has 1 aromatic rings. The molecule has 0 bridgehead atoms. The number of hydrogen-bond donors (Lipinski definition) is 1. The van der Waals surface area contributed by atoms with Crippen LogP contribution < -0.4 is 3.61 Å². The van der Waals surface area contributed by atoms with E-state index in [0.717, 1.165) is 6.42 Å². The van der Waals surface area contributed by atoms with Gasteiger partial charge < -0.3 is 0 Å². The third-order valence-corrected chi connectivity index (χ3v) is 5.51. The number of aliphatic hydroxyl groups is 1. The van der Waals surface area contributed by atoms with Crippen molar-refractivity contribution in [1.29, 1.82) is 0 Å². The van der Waals surface area contributed by atoms with E-state index < -0.39 is 0 Å². The quantitative estimate of drug-likeness (QED) is 0.644. The summed E-state index contributed by atoms with van der Waals surface area (Å²) in [6.45, 7) is 2.53. The molecule has 72 valence electrons. The summed E-state index contributed by atoms with van der Waals surface area (Å²) in [5.41, 5.74) is 1.44. The molecule has 1 rings (SSSR count). The molecule has 0 spiro atoms. The van der Waals surface area contributed by atoms with Crippen molar-refractivity contribution < 1.29 is 5.11 Å². The maximum absolute atomic E-state index is 8.63. The standard InChI is InChI=1S/C11H16OTe/c1-10-6-2-3-7-11(10)13-9-5-4-8-12/h2-3,6-7,12H,4-5,8-9H2,1H3. The molecule has 13 heavy (non-hydrogen) atoms. The van der Waals surface area contributed by atoms with Crippen LogP contribution in [0.2, 0.25) is 4.47 Å². The summed E-state index contributed by atoms with van der Waals surface area (Å²) in [5, 5.41) is 8.63. The molecule has 1 aromatic carbocycles. The first-order valence-corrected chi connectivity index (χ1v) is 7.45.